The largest absolute Gasteiger partial charge is 0.313 e. The predicted molar refractivity (Wildman–Crippen MR) is 82.8 cm³/mol. The van der Waals surface area contributed by atoms with Crippen molar-refractivity contribution in [3.05, 3.63) is 58.0 Å². The lowest BCUT2D eigenvalue weighted by atomic mass is 9.92. The molecule has 3 heteroatoms. The summed E-state index contributed by atoms with van der Waals surface area (Å²) in [5.41, 5.74) is 2.66. The van der Waals surface area contributed by atoms with Crippen LogP contribution >= 0.6 is 11.3 Å². The number of hydrogen-bond acceptors (Lipinski definition) is 2. The summed E-state index contributed by atoms with van der Waals surface area (Å²) in [5.74, 6) is 0.316. The Morgan fingerprint density at radius 2 is 2.00 bits per heavy atom. The van der Waals surface area contributed by atoms with Gasteiger partial charge in [-0.05, 0) is 71.7 Å². The van der Waals surface area contributed by atoms with Crippen molar-refractivity contribution in [2.45, 2.75) is 37.6 Å². The van der Waals surface area contributed by atoms with Crippen LogP contribution in [0.15, 0.2) is 41.1 Å². The Kier molecular flexibility index (Phi) is 4.48. The zero-order chi connectivity index (χ0) is 13.8. The van der Waals surface area contributed by atoms with Crippen LogP contribution in [0.5, 0.6) is 0 Å². The fourth-order valence-corrected chi connectivity index (χ4v) is 3.20. The summed E-state index contributed by atoms with van der Waals surface area (Å²) < 4.78 is 13.1. The van der Waals surface area contributed by atoms with Crippen LogP contribution < -0.4 is 5.32 Å². The molecule has 3 rings (SSSR count). The highest BCUT2D eigenvalue weighted by atomic mass is 32.1. The molecule has 1 fully saturated rings. The molecule has 1 heterocycles. The van der Waals surface area contributed by atoms with Gasteiger partial charge in [0.15, 0.2) is 0 Å². The normalized spacial score (nSPS) is 16.2. The molecule has 0 aliphatic heterocycles. The van der Waals surface area contributed by atoms with Crippen LogP contribution in [0.1, 0.15) is 36.3 Å². The van der Waals surface area contributed by atoms with E-state index in [9.17, 15) is 4.39 Å². The number of thiophene rings is 1. The SMILES string of the molecule is Fc1ccc(C(CCc2ccsc2)CNC2CC2)cc1. The molecule has 0 amide bonds. The van der Waals surface area contributed by atoms with E-state index < -0.39 is 0 Å². The molecule has 0 saturated heterocycles. The summed E-state index contributed by atoms with van der Waals surface area (Å²) in [5, 5.41) is 7.96. The highest BCUT2D eigenvalue weighted by Crippen LogP contribution is 2.25. The number of aryl methyl sites for hydroxylation is 1. The zero-order valence-electron chi connectivity index (χ0n) is 11.5. The summed E-state index contributed by atoms with van der Waals surface area (Å²) in [4.78, 5) is 0. The maximum absolute atomic E-state index is 13.1. The van der Waals surface area contributed by atoms with Crippen LogP contribution in [0, 0.1) is 5.82 Å². The molecule has 1 aromatic carbocycles. The van der Waals surface area contributed by atoms with Gasteiger partial charge in [0.25, 0.3) is 0 Å². The summed E-state index contributed by atoms with van der Waals surface area (Å²) in [6.45, 7) is 1.00. The molecule has 0 spiro atoms. The molecular formula is C17H20FNS. The highest BCUT2D eigenvalue weighted by Gasteiger charge is 2.22. The van der Waals surface area contributed by atoms with E-state index in [0.717, 1.165) is 25.4 Å². The lowest BCUT2D eigenvalue weighted by Gasteiger charge is -2.18. The Morgan fingerprint density at radius 3 is 2.65 bits per heavy atom. The number of rotatable bonds is 7. The van der Waals surface area contributed by atoms with Crippen LogP contribution in [0.3, 0.4) is 0 Å². The third kappa shape index (κ3) is 3.90. The van der Waals surface area contributed by atoms with Gasteiger partial charge in [-0.3, -0.25) is 0 Å². The molecule has 1 atom stereocenters. The van der Waals surface area contributed by atoms with Crippen LogP contribution in [0.2, 0.25) is 0 Å². The zero-order valence-corrected chi connectivity index (χ0v) is 12.3. The molecule has 0 bridgehead atoms. The van der Waals surface area contributed by atoms with Crippen molar-refractivity contribution in [3.63, 3.8) is 0 Å². The van der Waals surface area contributed by atoms with Gasteiger partial charge in [0.2, 0.25) is 0 Å². The standard InChI is InChI=1S/C17H20FNS/c18-16-5-3-14(4-6-16)15(11-19-17-7-8-17)2-1-13-9-10-20-12-13/h3-6,9-10,12,15,17,19H,1-2,7-8,11H2. The first-order chi connectivity index (χ1) is 9.81. The van der Waals surface area contributed by atoms with Crippen LogP contribution in [0.4, 0.5) is 4.39 Å². The number of hydrogen-bond donors (Lipinski definition) is 1. The number of halogens is 1. The van der Waals surface area contributed by atoms with Gasteiger partial charge in [-0.1, -0.05) is 12.1 Å². The van der Waals surface area contributed by atoms with E-state index in [1.807, 2.05) is 12.1 Å². The van der Waals surface area contributed by atoms with Crippen molar-refractivity contribution >= 4 is 11.3 Å². The highest BCUT2D eigenvalue weighted by molar-refractivity contribution is 7.07. The van der Waals surface area contributed by atoms with Crippen molar-refractivity contribution in [2.75, 3.05) is 6.54 Å². The first kappa shape index (κ1) is 13.8. The molecule has 1 unspecified atom stereocenters. The smallest absolute Gasteiger partial charge is 0.123 e. The number of nitrogens with one attached hydrogen (secondary N) is 1. The van der Waals surface area contributed by atoms with Crippen molar-refractivity contribution < 1.29 is 4.39 Å². The van der Waals surface area contributed by atoms with Gasteiger partial charge in [-0.25, -0.2) is 4.39 Å². The van der Waals surface area contributed by atoms with Gasteiger partial charge in [-0.2, -0.15) is 11.3 Å². The summed E-state index contributed by atoms with van der Waals surface area (Å²) in [6, 6.07) is 9.93. The quantitative estimate of drug-likeness (QED) is 0.799. The lowest BCUT2D eigenvalue weighted by Crippen LogP contribution is -2.24. The second-order valence-corrected chi connectivity index (χ2v) is 6.38. The molecule has 106 valence electrons. The topological polar surface area (TPSA) is 12.0 Å². The summed E-state index contributed by atoms with van der Waals surface area (Å²) in [6.07, 6.45) is 4.82. The summed E-state index contributed by atoms with van der Waals surface area (Å²) >= 11 is 1.75. The van der Waals surface area contributed by atoms with Gasteiger partial charge in [0, 0.05) is 12.6 Å². The first-order valence-corrected chi connectivity index (χ1v) is 8.25. The van der Waals surface area contributed by atoms with E-state index in [2.05, 4.69) is 22.1 Å². The minimum absolute atomic E-state index is 0.152. The van der Waals surface area contributed by atoms with Gasteiger partial charge in [-0.15, -0.1) is 0 Å². The molecule has 1 aliphatic carbocycles. The summed E-state index contributed by atoms with van der Waals surface area (Å²) in [7, 11) is 0. The third-order valence-electron chi connectivity index (χ3n) is 3.93. The van der Waals surface area contributed by atoms with E-state index in [1.165, 1.54) is 24.0 Å². The Bertz CT molecular complexity index is 516. The average Bonchev–Trinajstić information content (AvgIpc) is 3.14. The fourth-order valence-electron chi connectivity index (χ4n) is 2.49. The molecular weight excluding hydrogens is 269 g/mol. The van der Waals surface area contributed by atoms with Crippen molar-refractivity contribution in [2.24, 2.45) is 0 Å². The van der Waals surface area contributed by atoms with E-state index >= 15 is 0 Å². The Hall–Kier alpha value is -1.19. The van der Waals surface area contributed by atoms with E-state index in [0.29, 0.717) is 5.92 Å². The molecule has 1 N–H and O–H groups in total. The van der Waals surface area contributed by atoms with Crippen LogP contribution in [-0.2, 0) is 6.42 Å². The Morgan fingerprint density at radius 1 is 1.20 bits per heavy atom. The fraction of sp³-hybridized carbons (Fsp3) is 0.412. The van der Waals surface area contributed by atoms with Crippen LogP contribution in [-0.4, -0.2) is 12.6 Å². The maximum Gasteiger partial charge on any atom is 0.123 e. The first-order valence-electron chi connectivity index (χ1n) is 7.31. The maximum atomic E-state index is 13.1. The van der Waals surface area contributed by atoms with Gasteiger partial charge in [0.05, 0.1) is 0 Å². The number of benzene rings is 1. The van der Waals surface area contributed by atoms with Crippen LogP contribution in [0.25, 0.3) is 0 Å². The molecule has 1 saturated carbocycles. The lowest BCUT2D eigenvalue weighted by molar-refractivity contribution is 0.546. The second kappa shape index (κ2) is 6.51. The van der Waals surface area contributed by atoms with Crippen molar-refractivity contribution in [1.82, 2.24) is 5.32 Å². The monoisotopic (exact) mass is 289 g/mol. The van der Waals surface area contributed by atoms with Gasteiger partial charge in [0.1, 0.15) is 5.82 Å². The van der Waals surface area contributed by atoms with E-state index in [4.69, 9.17) is 0 Å². The Labute approximate surface area is 123 Å². The van der Waals surface area contributed by atoms with Crippen molar-refractivity contribution in [1.29, 1.82) is 0 Å². The van der Waals surface area contributed by atoms with Gasteiger partial charge >= 0.3 is 0 Å². The molecule has 0 radical (unpaired) electrons. The minimum atomic E-state index is -0.152. The predicted octanol–water partition coefficient (Wildman–Crippen LogP) is 4.36. The minimum Gasteiger partial charge on any atom is -0.313 e. The molecule has 2 aromatic rings. The molecule has 20 heavy (non-hydrogen) atoms. The van der Waals surface area contributed by atoms with Crippen molar-refractivity contribution in [3.8, 4) is 0 Å². The van der Waals surface area contributed by atoms with E-state index in [-0.39, 0.29) is 5.82 Å². The average molecular weight is 289 g/mol. The van der Waals surface area contributed by atoms with E-state index in [1.54, 1.807) is 23.5 Å². The third-order valence-corrected chi connectivity index (χ3v) is 4.67. The molecule has 1 aliphatic rings. The second-order valence-electron chi connectivity index (χ2n) is 5.60. The Balaban J connectivity index is 1.63. The molecule has 1 nitrogen and oxygen atoms in total. The molecule has 1 aromatic heterocycles. The van der Waals surface area contributed by atoms with Gasteiger partial charge < -0.3 is 5.32 Å².